The maximum atomic E-state index is 12.2. The predicted octanol–water partition coefficient (Wildman–Crippen LogP) is 2.83. The number of rotatable bonds is 4. The summed E-state index contributed by atoms with van der Waals surface area (Å²) in [4.78, 5) is 11.0. The summed E-state index contributed by atoms with van der Waals surface area (Å²) in [5.74, 6) is -1.85. The van der Waals surface area contributed by atoms with Crippen molar-refractivity contribution in [3.63, 3.8) is 0 Å². The molecular weight excluding hydrogens is 233 g/mol. The molecule has 0 aliphatic heterocycles. The lowest BCUT2D eigenvalue weighted by Gasteiger charge is -2.05. The molecule has 1 aromatic rings. The highest BCUT2D eigenvalue weighted by molar-refractivity contribution is 6.00. The van der Waals surface area contributed by atoms with Gasteiger partial charge in [-0.05, 0) is 18.1 Å². The molecule has 0 bridgehead atoms. The molecule has 1 aromatic carbocycles. The SMILES string of the molecule is O=C(c1cccc(C=CCCO)c1)C(F)(F)F. The van der Waals surface area contributed by atoms with Gasteiger partial charge in [0.1, 0.15) is 0 Å². The van der Waals surface area contributed by atoms with Crippen LogP contribution < -0.4 is 0 Å². The van der Waals surface area contributed by atoms with Gasteiger partial charge in [-0.25, -0.2) is 0 Å². The van der Waals surface area contributed by atoms with Crippen molar-refractivity contribution in [1.82, 2.24) is 0 Å². The molecule has 0 saturated carbocycles. The van der Waals surface area contributed by atoms with Crippen LogP contribution in [0.25, 0.3) is 6.08 Å². The largest absolute Gasteiger partial charge is 0.454 e. The Kier molecular flexibility index (Phi) is 4.45. The molecular formula is C12H11F3O2. The Morgan fingerprint density at radius 2 is 2.06 bits per heavy atom. The fourth-order valence-electron chi connectivity index (χ4n) is 1.24. The lowest BCUT2D eigenvalue weighted by atomic mass is 10.1. The van der Waals surface area contributed by atoms with Crippen molar-refractivity contribution in [1.29, 1.82) is 0 Å². The number of hydrogen-bond donors (Lipinski definition) is 1. The molecule has 2 nitrogen and oxygen atoms in total. The summed E-state index contributed by atoms with van der Waals surface area (Å²) >= 11 is 0. The average Bonchev–Trinajstić information content (AvgIpc) is 2.28. The first-order valence-corrected chi connectivity index (χ1v) is 4.94. The van der Waals surface area contributed by atoms with E-state index in [9.17, 15) is 18.0 Å². The number of aliphatic hydroxyl groups excluding tert-OH is 1. The van der Waals surface area contributed by atoms with E-state index in [1.807, 2.05) is 0 Å². The van der Waals surface area contributed by atoms with Crippen LogP contribution >= 0.6 is 0 Å². The molecule has 17 heavy (non-hydrogen) atoms. The molecule has 0 atom stereocenters. The Hall–Kier alpha value is -1.62. The fourth-order valence-corrected chi connectivity index (χ4v) is 1.24. The van der Waals surface area contributed by atoms with E-state index in [2.05, 4.69) is 0 Å². The van der Waals surface area contributed by atoms with Crippen LogP contribution in [0.5, 0.6) is 0 Å². The second-order valence-corrected chi connectivity index (χ2v) is 3.37. The van der Waals surface area contributed by atoms with Crippen LogP contribution in [0.2, 0.25) is 0 Å². The van der Waals surface area contributed by atoms with Gasteiger partial charge >= 0.3 is 6.18 Å². The fraction of sp³-hybridized carbons (Fsp3) is 0.250. The lowest BCUT2D eigenvalue weighted by molar-refractivity contribution is -0.0885. The standard InChI is InChI=1S/C12H11F3O2/c13-12(14,15)11(17)10-6-3-5-9(8-10)4-1-2-7-16/h1,3-6,8,16H,2,7H2. The van der Waals surface area contributed by atoms with E-state index in [-0.39, 0.29) is 12.2 Å². The molecule has 0 radical (unpaired) electrons. The molecule has 1 rings (SSSR count). The van der Waals surface area contributed by atoms with Gasteiger partial charge in [0.2, 0.25) is 0 Å². The van der Waals surface area contributed by atoms with E-state index < -0.39 is 12.0 Å². The van der Waals surface area contributed by atoms with E-state index >= 15 is 0 Å². The molecule has 0 saturated heterocycles. The summed E-state index contributed by atoms with van der Waals surface area (Å²) in [5.41, 5.74) is 0.109. The smallest absolute Gasteiger partial charge is 0.396 e. The Morgan fingerprint density at radius 3 is 2.65 bits per heavy atom. The molecule has 1 N–H and O–H groups in total. The van der Waals surface area contributed by atoms with Crippen molar-refractivity contribution < 1.29 is 23.1 Å². The van der Waals surface area contributed by atoms with Crippen LogP contribution in [-0.2, 0) is 0 Å². The normalized spacial score (nSPS) is 12.0. The first-order chi connectivity index (χ1) is 7.95. The molecule has 0 spiro atoms. The van der Waals surface area contributed by atoms with Gasteiger partial charge in [0.05, 0.1) is 0 Å². The van der Waals surface area contributed by atoms with Crippen molar-refractivity contribution in [2.75, 3.05) is 6.61 Å². The van der Waals surface area contributed by atoms with Crippen molar-refractivity contribution in [2.24, 2.45) is 0 Å². The van der Waals surface area contributed by atoms with Crippen molar-refractivity contribution in [3.8, 4) is 0 Å². The number of Topliss-reactive ketones (excluding diaryl/α,β-unsaturated/α-hetero) is 1. The van der Waals surface area contributed by atoms with Gasteiger partial charge in [-0.3, -0.25) is 4.79 Å². The Morgan fingerprint density at radius 1 is 1.35 bits per heavy atom. The molecule has 92 valence electrons. The lowest BCUT2D eigenvalue weighted by Crippen LogP contribution is -2.22. The quantitative estimate of drug-likeness (QED) is 0.827. The second kappa shape index (κ2) is 5.63. The summed E-state index contributed by atoms with van der Waals surface area (Å²) in [7, 11) is 0. The van der Waals surface area contributed by atoms with E-state index in [0.717, 1.165) is 6.07 Å². The summed E-state index contributed by atoms with van der Waals surface area (Å²) < 4.78 is 36.5. The highest BCUT2D eigenvalue weighted by atomic mass is 19.4. The zero-order valence-corrected chi connectivity index (χ0v) is 8.87. The molecule has 0 aliphatic carbocycles. The minimum Gasteiger partial charge on any atom is -0.396 e. The monoisotopic (exact) mass is 244 g/mol. The Balaban J connectivity index is 2.90. The minimum absolute atomic E-state index is 0.0301. The summed E-state index contributed by atoms with van der Waals surface area (Å²) in [6, 6.07) is 5.27. The van der Waals surface area contributed by atoms with Gasteiger partial charge in [-0.2, -0.15) is 13.2 Å². The highest BCUT2D eigenvalue weighted by Crippen LogP contribution is 2.22. The number of hydrogen-bond acceptors (Lipinski definition) is 2. The summed E-state index contributed by atoms with van der Waals surface area (Å²) in [6.45, 7) is -0.0301. The Labute approximate surface area is 96.4 Å². The number of benzene rings is 1. The van der Waals surface area contributed by atoms with Gasteiger partial charge in [-0.1, -0.05) is 30.4 Å². The highest BCUT2D eigenvalue weighted by Gasteiger charge is 2.39. The minimum atomic E-state index is -4.85. The van der Waals surface area contributed by atoms with Crippen molar-refractivity contribution in [2.45, 2.75) is 12.6 Å². The molecule has 0 heterocycles. The Bertz CT molecular complexity index is 422. The zero-order valence-electron chi connectivity index (χ0n) is 8.87. The number of ketones is 1. The molecule has 0 aliphatic rings. The second-order valence-electron chi connectivity index (χ2n) is 3.37. The van der Waals surface area contributed by atoms with Crippen LogP contribution in [0.15, 0.2) is 30.3 Å². The number of alkyl halides is 3. The summed E-state index contributed by atoms with van der Waals surface area (Å²) in [5, 5.41) is 8.54. The van der Waals surface area contributed by atoms with Gasteiger partial charge in [0.15, 0.2) is 0 Å². The topological polar surface area (TPSA) is 37.3 Å². The van der Waals surface area contributed by atoms with Crippen molar-refractivity contribution in [3.05, 3.63) is 41.5 Å². The van der Waals surface area contributed by atoms with Crippen molar-refractivity contribution >= 4 is 11.9 Å². The summed E-state index contributed by atoms with van der Waals surface area (Å²) in [6.07, 6.45) is -1.26. The van der Waals surface area contributed by atoms with Crippen LogP contribution in [0.1, 0.15) is 22.3 Å². The van der Waals surface area contributed by atoms with Crippen LogP contribution in [0.4, 0.5) is 13.2 Å². The average molecular weight is 244 g/mol. The first kappa shape index (κ1) is 13.4. The van der Waals surface area contributed by atoms with Crippen LogP contribution in [0.3, 0.4) is 0 Å². The zero-order chi connectivity index (χ0) is 12.9. The maximum absolute atomic E-state index is 12.2. The van der Waals surface area contributed by atoms with E-state index in [1.54, 1.807) is 18.2 Å². The molecule has 0 fully saturated rings. The molecule has 0 unspecified atom stereocenters. The molecule has 0 aromatic heterocycles. The third-order valence-electron chi connectivity index (χ3n) is 2.01. The van der Waals surface area contributed by atoms with Crippen LogP contribution in [-0.4, -0.2) is 23.7 Å². The third kappa shape index (κ3) is 4.03. The maximum Gasteiger partial charge on any atom is 0.454 e. The number of carbonyl (C=O) groups is 1. The van der Waals surface area contributed by atoms with E-state index in [1.165, 1.54) is 12.1 Å². The van der Waals surface area contributed by atoms with Gasteiger partial charge in [0.25, 0.3) is 5.78 Å². The van der Waals surface area contributed by atoms with E-state index in [4.69, 9.17) is 5.11 Å². The van der Waals surface area contributed by atoms with Gasteiger partial charge in [0, 0.05) is 12.2 Å². The first-order valence-electron chi connectivity index (χ1n) is 4.94. The number of halogens is 3. The van der Waals surface area contributed by atoms with Gasteiger partial charge in [-0.15, -0.1) is 0 Å². The number of carbonyl (C=O) groups excluding carboxylic acids is 1. The molecule has 0 amide bonds. The third-order valence-corrected chi connectivity index (χ3v) is 2.01. The molecule has 5 heteroatoms. The predicted molar refractivity (Wildman–Crippen MR) is 57.6 cm³/mol. The van der Waals surface area contributed by atoms with E-state index in [0.29, 0.717) is 12.0 Å². The van der Waals surface area contributed by atoms with Gasteiger partial charge < -0.3 is 5.11 Å². The number of aliphatic hydroxyl groups is 1. The van der Waals surface area contributed by atoms with Crippen LogP contribution in [0, 0.1) is 0 Å².